The summed E-state index contributed by atoms with van der Waals surface area (Å²) in [6.07, 6.45) is 5.93. The minimum absolute atomic E-state index is 0.00222. The Morgan fingerprint density at radius 2 is 1.88 bits per heavy atom. The molecule has 1 aliphatic rings. The average Bonchev–Trinajstić information content (AvgIpc) is 2.64. The van der Waals surface area contributed by atoms with Crippen LogP contribution in [0.5, 0.6) is 0 Å². The van der Waals surface area contributed by atoms with Gasteiger partial charge in [0.1, 0.15) is 4.66 Å². The van der Waals surface area contributed by atoms with Crippen molar-refractivity contribution in [3.05, 3.63) is 0 Å². The molecule has 0 heterocycles. The second-order valence-electron chi connectivity index (χ2n) is 5.35. The Kier molecular flexibility index (Phi) is 5.26. The van der Waals surface area contributed by atoms with Crippen LogP contribution in [-0.4, -0.2) is 19.6 Å². The van der Waals surface area contributed by atoms with Crippen LogP contribution in [0.4, 0.5) is 0 Å². The van der Waals surface area contributed by atoms with Gasteiger partial charge in [0.2, 0.25) is 10.0 Å². The van der Waals surface area contributed by atoms with Gasteiger partial charge >= 0.3 is 0 Å². The number of hydrogen-bond donors (Lipinski definition) is 1. The van der Waals surface area contributed by atoms with Crippen LogP contribution in [0.15, 0.2) is 0 Å². The van der Waals surface area contributed by atoms with Gasteiger partial charge in [-0.05, 0) is 30.6 Å². The first-order valence-electron chi connectivity index (χ1n) is 5.92. The lowest BCUT2D eigenvalue weighted by atomic mass is 9.79. The molecule has 0 unspecified atom stereocenters. The quantitative estimate of drug-likeness (QED) is 0.767. The zero-order valence-electron chi connectivity index (χ0n) is 10.1. The van der Waals surface area contributed by atoms with Crippen molar-refractivity contribution in [2.75, 3.05) is 11.2 Å². The van der Waals surface area contributed by atoms with Crippen molar-refractivity contribution < 1.29 is 8.42 Å². The molecule has 0 aromatic heterocycles. The molecule has 0 radical (unpaired) electrons. The summed E-state index contributed by atoms with van der Waals surface area (Å²) in [7, 11) is -3.11. The molecule has 0 aromatic carbocycles. The van der Waals surface area contributed by atoms with Crippen LogP contribution in [0.1, 0.15) is 46.0 Å². The molecule has 1 N–H and O–H groups in total. The predicted molar refractivity (Wildman–Crippen MR) is 71.1 cm³/mol. The highest BCUT2D eigenvalue weighted by Gasteiger charge is 2.35. The Morgan fingerprint density at radius 3 is 2.31 bits per heavy atom. The topological polar surface area (TPSA) is 46.2 Å². The molecular weight excluding hydrogens is 290 g/mol. The van der Waals surface area contributed by atoms with Crippen LogP contribution in [0, 0.1) is 11.3 Å². The maximum absolute atomic E-state index is 11.4. The molecule has 1 fully saturated rings. The largest absolute Gasteiger partial charge is 0.221 e. The molecule has 0 spiro atoms. The molecule has 0 bridgehead atoms. The highest BCUT2D eigenvalue weighted by Crippen LogP contribution is 2.42. The molecule has 1 rings (SSSR count). The first-order chi connectivity index (χ1) is 7.39. The minimum atomic E-state index is -3.11. The summed E-state index contributed by atoms with van der Waals surface area (Å²) in [5, 5.41) is 0. The van der Waals surface area contributed by atoms with Crippen molar-refractivity contribution in [3.8, 4) is 0 Å². The second kappa shape index (κ2) is 5.83. The molecular formula is C11H22BrNO2S. The van der Waals surface area contributed by atoms with Crippen molar-refractivity contribution >= 4 is 26.0 Å². The number of rotatable bonds is 6. The summed E-state index contributed by atoms with van der Waals surface area (Å²) in [6.45, 7) is 5.03. The van der Waals surface area contributed by atoms with E-state index in [0.717, 1.165) is 19.3 Å². The van der Waals surface area contributed by atoms with Gasteiger partial charge in [0, 0.05) is 6.54 Å². The zero-order chi connectivity index (χ0) is 12.2. The monoisotopic (exact) mass is 311 g/mol. The van der Waals surface area contributed by atoms with Crippen LogP contribution >= 0.6 is 15.9 Å². The van der Waals surface area contributed by atoms with Gasteiger partial charge < -0.3 is 0 Å². The van der Waals surface area contributed by atoms with Gasteiger partial charge in [0.25, 0.3) is 0 Å². The van der Waals surface area contributed by atoms with E-state index in [2.05, 4.69) is 34.5 Å². The summed E-state index contributed by atoms with van der Waals surface area (Å²) in [5.41, 5.74) is 0.212. The van der Waals surface area contributed by atoms with E-state index in [1.807, 2.05) is 0 Å². The molecule has 1 saturated carbocycles. The molecule has 1 aliphatic carbocycles. The molecule has 16 heavy (non-hydrogen) atoms. The smallest absolute Gasteiger partial charge is 0.214 e. The number of nitrogens with one attached hydrogen (secondary N) is 1. The van der Waals surface area contributed by atoms with E-state index in [4.69, 9.17) is 0 Å². The lowest BCUT2D eigenvalue weighted by molar-refractivity contribution is 0.236. The zero-order valence-corrected chi connectivity index (χ0v) is 12.5. The van der Waals surface area contributed by atoms with E-state index in [9.17, 15) is 8.42 Å². The van der Waals surface area contributed by atoms with E-state index >= 15 is 0 Å². The molecule has 0 atom stereocenters. The maximum Gasteiger partial charge on any atom is 0.221 e. The first-order valence-corrected chi connectivity index (χ1v) is 8.70. The van der Waals surface area contributed by atoms with Crippen molar-refractivity contribution in [1.29, 1.82) is 0 Å². The summed E-state index contributed by atoms with van der Waals surface area (Å²) in [4.78, 5) is 0. The van der Waals surface area contributed by atoms with Gasteiger partial charge in [0.05, 0.1) is 0 Å². The Labute approximate surface area is 108 Å². The minimum Gasteiger partial charge on any atom is -0.214 e. The molecule has 96 valence electrons. The van der Waals surface area contributed by atoms with Crippen molar-refractivity contribution in [2.24, 2.45) is 11.3 Å². The van der Waals surface area contributed by atoms with Gasteiger partial charge in [-0.1, -0.05) is 42.6 Å². The third-order valence-electron chi connectivity index (χ3n) is 3.32. The van der Waals surface area contributed by atoms with Crippen molar-refractivity contribution in [3.63, 3.8) is 0 Å². The number of hydrogen-bond acceptors (Lipinski definition) is 2. The maximum atomic E-state index is 11.4. The SMILES string of the molecule is CC(C)CC1(CNS(=O)(=O)CBr)CCCC1. The highest BCUT2D eigenvalue weighted by molar-refractivity contribution is 9.10. The van der Waals surface area contributed by atoms with E-state index < -0.39 is 10.0 Å². The lowest BCUT2D eigenvalue weighted by Crippen LogP contribution is -2.37. The highest BCUT2D eigenvalue weighted by atomic mass is 79.9. The van der Waals surface area contributed by atoms with Gasteiger partial charge in [-0.2, -0.15) is 0 Å². The van der Waals surface area contributed by atoms with Crippen LogP contribution in [0.25, 0.3) is 0 Å². The molecule has 0 aromatic rings. The molecule has 0 aliphatic heterocycles. The van der Waals surface area contributed by atoms with Crippen LogP contribution in [-0.2, 0) is 10.0 Å². The Hall–Kier alpha value is 0.390. The molecule has 0 amide bonds. The van der Waals surface area contributed by atoms with Gasteiger partial charge in [-0.25, -0.2) is 13.1 Å². The van der Waals surface area contributed by atoms with Crippen LogP contribution < -0.4 is 4.72 Å². The fourth-order valence-electron chi connectivity index (χ4n) is 2.75. The summed E-state index contributed by atoms with van der Waals surface area (Å²) >= 11 is 3.00. The van der Waals surface area contributed by atoms with Crippen molar-refractivity contribution in [1.82, 2.24) is 4.72 Å². The van der Waals surface area contributed by atoms with E-state index in [0.29, 0.717) is 12.5 Å². The van der Waals surface area contributed by atoms with Crippen molar-refractivity contribution in [2.45, 2.75) is 46.0 Å². The van der Waals surface area contributed by atoms with Crippen LogP contribution in [0.2, 0.25) is 0 Å². The summed E-state index contributed by atoms with van der Waals surface area (Å²) in [6, 6.07) is 0. The van der Waals surface area contributed by atoms with E-state index in [1.165, 1.54) is 12.8 Å². The lowest BCUT2D eigenvalue weighted by Gasteiger charge is -2.31. The number of sulfonamides is 1. The number of halogens is 1. The fourth-order valence-corrected chi connectivity index (χ4v) is 3.83. The third kappa shape index (κ3) is 4.34. The predicted octanol–water partition coefficient (Wildman–Crippen LogP) is 2.86. The molecule has 3 nitrogen and oxygen atoms in total. The van der Waals surface area contributed by atoms with Gasteiger partial charge in [-0.3, -0.25) is 0 Å². The fraction of sp³-hybridized carbons (Fsp3) is 1.00. The third-order valence-corrected chi connectivity index (χ3v) is 6.00. The standard InChI is InChI=1S/C11H22BrNO2S/c1-10(2)7-11(5-3-4-6-11)8-13-16(14,15)9-12/h10,13H,3-9H2,1-2H3. The normalized spacial score (nSPS) is 20.5. The van der Waals surface area contributed by atoms with Gasteiger partial charge in [-0.15, -0.1) is 0 Å². The second-order valence-corrected chi connectivity index (χ2v) is 8.46. The summed E-state index contributed by atoms with van der Waals surface area (Å²) in [5.74, 6) is 0.631. The molecule has 0 saturated heterocycles. The van der Waals surface area contributed by atoms with E-state index in [1.54, 1.807) is 0 Å². The van der Waals surface area contributed by atoms with E-state index in [-0.39, 0.29) is 10.1 Å². The molecule has 5 heteroatoms. The Morgan fingerprint density at radius 1 is 1.31 bits per heavy atom. The number of alkyl halides is 1. The first kappa shape index (κ1) is 14.5. The van der Waals surface area contributed by atoms with Crippen LogP contribution in [0.3, 0.4) is 0 Å². The van der Waals surface area contributed by atoms with Gasteiger partial charge in [0.15, 0.2) is 0 Å². The Bertz CT molecular complexity index is 308. The Balaban J connectivity index is 2.58. The average molecular weight is 312 g/mol. The summed E-state index contributed by atoms with van der Waals surface area (Å²) < 4.78 is 25.6.